The highest BCUT2D eigenvalue weighted by Gasteiger charge is 2.36. The van der Waals surface area contributed by atoms with Gasteiger partial charge in [-0.05, 0) is 54.7 Å². The van der Waals surface area contributed by atoms with Crippen LogP contribution >= 0.6 is 39.1 Å². The molecule has 0 bridgehead atoms. The van der Waals surface area contributed by atoms with Crippen LogP contribution in [-0.2, 0) is 9.59 Å². The van der Waals surface area contributed by atoms with Crippen LogP contribution < -0.4 is 10.2 Å². The minimum absolute atomic E-state index is 0.00114. The van der Waals surface area contributed by atoms with Gasteiger partial charge in [-0.3, -0.25) is 14.5 Å². The molecule has 4 nitrogen and oxygen atoms in total. The smallest absolute Gasteiger partial charge is 0.248 e. The van der Waals surface area contributed by atoms with Crippen molar-refractivity contribution in [3.63, 3.8) is 0 Å². The van der Waals surface area contributed by atoms with Gasteiger partial charge in [-0.25, -0.2) is 4.39 Å². The number of carbonyl (C=O) groups is 2. The Kier molecular flexibility index (Phi) is 8.36. The van der Waals surface area contributed by atoms with E-state index in [2.05, 4.69) is 28.2 Å². The first-order chi connectivity index (χ1) is 14.8. The summed E-state index contributed by atoms with van der Waals surface area (Å²) in [7, 11) is 0. The van der Waals surface area contributed by atoms with Gasteiger partial charge in [0, 0.05) is 15.5 Å². The van der Waals surface area contributed by atoms with Gasteiger partial charge in [-0.1, -0.05) is 59.4 Å². The Balaban J connectivity index is 2.06. The van der Waals surface area contributed by atoms with Gasteiger partial charge in [0.05, 0.1) is 5.69 Å². The molecule has 1 aliphatic carbocycles. The molecule has 2 amide bonds. The molecule has 2 aromatic rings. The van der Waals surface area contributed by atoms with Crippen molar-refractivity contribution in [3.8, 4) is 0 Å². The molecule has 2 aromatic carbocycles. The monoisotopic (exact) mass is 528 g/mol. The van der Waals surface area contributed by atoms with Gasteiger partial charge in [0.15, 0.2) is 0 Å². The lowest BCUT2D eigenvalue weighted by Gasteiger charge is -2.35. The Labute approximate surface area is 200 Å². The lowest BCUT2D eigenvalue weighted by molar-refractivity contribution is -0.126. The molecule has 0 spiro atoms. The van der Waals surface area contributed by atoms with E-state index in [9.17, 15) is 14.0 Å². The van der Waals surface area contributed by atoms with Crippen LogP contribution in [0, 0.1) is 11.7 Å². The standard InChI is InChI=1S/C23H24BrCl2FN2O2/c1-14-4-2-3-5-19(14)28-23(31)22(15-6-9-17(26)10-7-15)29(21(30)13-25)20-11-8-16(24)12-18(20)27/h6-12,14,19,22H,2-5,13H2,1H3,(H,28,31)/t14-,19-,22-/m1/s1. The van der Waals surface area contributed by atoms with Crippen LogP contribution in [-0.4, -0.2) is 23.7 Å². The number of amides is 2. The largest absolute Gasteiger partial charge is 0.351 e. The lowest BCUT2D eigenvalue weighted by atomic mass is 9.85. The molecule has 1 N–H and O–H groups in total. The van der Waals surface area contributed by atoms with Crippen molar-refractivity contribution in [2.45, 2.75) is 44.7 Å². The number of alkyl halides is 1. The summed E-state index contributed by atoms with van der Waals surface area (Å²) in [6.45, 7) is 2.11. The predicted molar refractivity (Wildman–Crippen MR) is 126 cm³/mol. The molecule has 0 radical (unpaired) electrons. The molecule has 8 heteroatoms. The van der Waals surface area contributed by atoms with Crippen molar-refractivity contribution in [3.05, 3.63) is 63.3 Å². The van der Waals surface area contributed by atoms with E-state index in [0.717, 1.165) is 30.6 Å². The molecule has 3 rings (SSSR count). The minimum atomic E-state index is -1.09. The lowest BCUT2D eigenvalue weighted by Crippen LogP contribution is -2.49. The molecule has 166 valence electrons. The van der Waals surface area contributed by atoms with Crippen molar-refractivity contribution >= 4 is 56.6 Å². The van der Waals surface area contributed by atoms with Gasteiger partial charge < -0.3 is 5.32 Å². The zero-order valence-electron chi connectivity index (χ0n) is 17.1. The number of hydrogen-bond acceptors (Lipinski definition) is 2. The number of rotatable bonds is 6. The van der Waals surface area contributed by atoms with E-state index in [1.807, 2.05) is 0 Å². The molecular weight excluding hydrogens is 506 g/mol. The molecule has 0 heterocycles. The molecule has 31 heavy (non-hydrogen) atoms. The fraction of sp³-hybridized carbons (Fsp3) is 0.391. The second kappa shape index (κ2) is 10.8. The van der Waals surface area contributed by atoms with E-state index in [1.54, 1.807) is 30.3 Å². The average molecular weight is 530 g/mol. The maximum absolute atomic E-state index is 14.9. The van der Waals surface area contributed by atoms with Crippen molar-refractivity contribution in [1.29, 1.82) is 0 Å². The molecule has 0 saturated heterocycles. The first-order valence-electron chi connectivity index (χ1n) is 10.2. The van der Waals surface area contributed by atoms with E-state index in [1.165, 1.54) is 12.1 Å². The Hall–Kier alpha value is -1.63. The molecule has 0 unspecified atom stereocenters. The number of anilines is 1. The van der Waals surface area contributed by atoms with E-state index >= 15 is 0 Å². The van der Waals surface area contributed by atoms with Crippen LogP contribution in [0.15, 0.2) is 46.9 Å². The summed E-state index contributed by atoms with van der Waals surface area (Å²) in [6, 6.07) is 9.86. The van der Waals surface area contributed by atoms with Crippen LogP contribution in [0.5, 0.6) is 0 Å². The Morgan fingerprint density at radius 3 is 2.48 bits per heavy atom. The maximum atomic E-state index is 14.9. The van der Waals surface area contributed by atoms with Crippen molar-refractivity contribution in [2.75, 3.05) is 10.8 Å². The van der Waals surface area contributed by atoms with Gasteiger partial charge in [0.25, 0.3) is 0 Å². The number of hydrogen-bond donors (Lipinski definition) is 1. The third kappa shape index (κ3) is 5.79. The van der Waals surface area contributed by atoms with Gasteiger partial charge in [-0.15, -0.1) is 11.6 Å². The molecule has 1 saturated carbocycles. The number of benzene rings is 2. The van der Waals surface area contributed by atoms with Gasteiger partial charge in [0.1, 0.15) is 17.7 Å². The summed E-state index contributed by atoms with van der Waals surface area (Å²) < 4.78 is 15.4. The highest BCUT2D eigenvalue weighted by Crippen LogP contribution is 2.33. The highest BCUT2D eigenvalue weighted by atomic mass is 79.9. The molecule has 3 atom stereocenters. The van der Waals surface area contributed by atoms with Crippen molar-refractivity contribution in [2.24, 2.45) is 5.92 Å². The van der Waals surface area contributed by atoms with Crippen LogP contribution in [0.3, 0.4) is 0 Å². The fourth-order valence-corrected chi connectivity index (χ4v) is 4.60. The summed E-state index contributed by atoms with van der Waals surface area (Å²) in [4.78, 5) is 27.6. The third-order valence-electron chi connectivity index (χ3n) is 5.68. The Bertz CT molecular complexity index is 942. The fourth-order valence-electron chi connectivity index (χ4n) is 4.01. The van der Waals surface area contributed by atoms with Gasteiger partial charge in [-0.2, -0.15) is 0 Å². The van der Waals surface area contributed by atoms with Crippen LogP contribution in [0.4, 0.5) is 10.1 Å². The number of nitrogens with one attached hydrogen (secondary N) is 1. The predicted octanol–water partition coefficient (Wildman–Crippen LogP) is 6.25. The van der Waals surface area contributed by atoms with E-state index in [-0.39, 0.29) is 17.6 Å². The SMILES string of the molecule is C[C@@H]1CCCC[C@H]1NC(=O)[C@@H](c1ccc(Cl)cc1)N(C(=O)CCl)c1ccc(Br)cc1F. The van der Waals surface area contributed by atoms with Gasteiger partial charge in [0.2, 0.25) is 11.8 Å². The van der Waals surface area contributed by atoms with E-state index in [4.69, 9.17) is 23.2 Å². The van der Waals surface area contributed by atoms with E-state index in [0.29, 0.717) is 21.0 Å². The summed E-state index contributed by atoms with van der Waals surface area (Å²) in [6.07, 6.45) is 4.07. The number of carbonyl (C=O) groups excluding carboxylic acids is 2. The normalized spacial score (nSPS) is 19.5. The topological polar surface area (TPSA) is 49.4 Å². The summed E-state index contributed by atoms with van der Waals surface area (Å²) in [5.41, 5.74) is 0.506. The van der Waals surface area contributed by atoms with Crippen molar-refractivity contribution < 1.29 is 14.0 Å². The van der Waals surface area contributed by atoms with Crippen molar-refractivity contribution in [1.82, 2.24) is 5.32 Å². The first-order valence-corrected chi connectivity index (χ1v) is 11.9. The molecule has 1 fully saturated rings. The molecule has 0 aliphatic heterocycles. The zero-order valence-corrected chi connectivity index (χ0v) is 20.2. The molecule has 1 aliphatic rings. The molecule has 0 aromatic heterocycles. The molecular formula is C23H24BrCl2FN2O2. The van der Waals surface area contributed by atoms with Gasteiger partial charge >= 0.3 is 0 Å². The summed E-state index contributed by atoms with van der Waals surface area (Å²) >= 11 is 15.1. The summed E-state index contributed by atoms with van der Waals surface area (Å²) in [5.74, 6) is -1.65. The zero-order chi connectivity index (χ0) is 22.5. The number of nitrogens with zero attached hydrogens (tertiary/aromatic N) is 1. The Morgan fingerprint density at radius 1 is 1.19 bits per heavy atom. The Morgan fingerprint density at radius 2 is 1.87 bits per heavy atom. The van der Waals surface area contributed by atoms with Crippen LogP contribution in [0.1, 0.15) is 44.2 Å². The van der Waals surface area contributed by atoms with Crippen LogP contribution in [0.2, 0.25) is 5.02 Å². The second-order valence-corrected chi connectivity index (χ2v) is 9.44. The maximum Gasteiger partial charge on any atom is 0.248 e. The quantitative estimate of drug-likeness (QED) is 0.449. The second-order valence-electron chi connectivity index (χ2n) is 7.82. The summed E-state index contributed by atoms with van der Waals surface area (Å²) in [5, 5.41) is 3.60. The van der Waals surface area contributed by atoms with E-state index < -0.39 is 23.6 Å². The van der Waals surface area contributed by atoms with Crippen LogP contribution in [0.25, 0.3) is 0 Å². The minimum Gasteiger partial charge on any atom is -0.351 e. The third-order valence-corrected chi connectivity index (χ3v) is 6.66. The first kappa shape index (κ1) is 24.0. The highest BCUT2D eigenvalue weighted by molar-refractivity contribution is 9.10. The number of halogens is 4. The average Bonchev–Trinajstić information content (AvgIpc) is 2.74.